The van der Waals surface area contributed by atoms with E-state index >= 15 is 0 Å². The van der Waals surface area contributed by atoms with Gasteiger partial charge in [0.05, 0.1) is 0 Å². The van der Waals surface area contributed by atoms with Crippen molar-refractivity contribution in [3.05, 3.63) is 0 Å². The first-order chi connectivity index (χ1) is 7.68. The molecule has 5 heteroatoms. The van der Waals surface area contributed by atoms with Crippen molar-refractivity contribution in [3.8, 4) is 0 Å². The van der Waals surface area contributed by atoms with Crippen LogP contribution in [0.5, 0.6) is 0 Å². The van der Waals surface area contributed by atoms with Crippen molar-refractivity contribution in [1.29, 1.82) is 0 Å². The second kappa shape index (κ2) is 4.82. The Kier molecular flexibility index (Phi) is 3.43. The molecule has 1 amide bonds. The van der Waals surface area contributed by atoms with Crippen molar-refractivity contribution in [3.63, 3.8) is 0 Å². The Balaban J connectivity index is 1.85. The van der Waals surface area contributed by atoms with Gasteiger partial charge in [-0.2, -0.15) is 0 Å². The van der Waals surface area contributed by atoms with Crippen LogP contribution in [0.25, 0.3) is 0 Å². The highest BCUT2D eigenvalue weighted by molar-refractivity contribution is 5.87. The van der Waals surface area contributed by atoms with Gasteiger partial charge in [-0.3, -0.25) is 4.79 Å². The minimum absolute atomic E-state index is 0.00778. The van der Waals surface area contributed by atoms with Crippen molar-refractivity contribution in [1.82, 2.24) is 9.80 Å². The lowest BCUT2D eigenvalue weighted by Gasteiger charge is -2.24. The second-order valence-electron chi connectivity index (χ2n) is 4.53. The first-order valence-corrected chi connectivity index (χ1v) is 5.93. The van der Waals surface area contributed by atoms with Gasteiger partial charge in [-0.1, -0.05) is 0 Å². The topological polar surface area (TPSA) is 60.9 Å². The third-order valence-electron chi connectivity index (χ3n) is 3.47. The van der Waals surface area contributed by atoms with E-state index in [1.54, 1.807) is 0 Å². The number of likely N-dealkylation sites (tertiary alicyclic amines) is 2. The van der Waals surface area contributed by atoms with Crippen LogP contribution in [0.15, 0.2) is 0 Å². The van der Waals surface area contributed by atoms with Crippen molar-refractivity contribution in [2.45, 2.75) is 31.7 Å². The minimum Gasteiger partial charge on any atom is -0.480 e. The van der Waals surface area contributed by atoms with E-state index in [2.05, 4.69) is 4.90 Å². The second-order valence-corrected chi connectivity index (χ2v) is 4.53. The average Bonchev–Trinajstić information content (AvgIpc) is 2.84. The number of rotatable bonds is 4. The highest BCUT2D eigenvalue weighted by Crippen LogP contribution is 2.19. The predicted molar refractivity (Wildman–Crippen MR) is 58.0 cm³/mol. The summed E-state index contributed by atoms with van der Waals surface area (Å²) in [5.74, 6) is -0.876. The van der Waals surface area contributed by atoms with Gasteiger partial charge >= 0.3 is 5.97 Å². The lowest BCUT2D eigenvalue weighted by molar-refractivity contribution is -0.146. The number of carbonyl (C=O) groups is 2. The Morgan fingerprint density at radius 3 is 2.62 bits per heavy atom. The van der Waals surface area contributed by atoms with Gasteiger partial charge in [0.2, 0.25) is 5.91 Å². The maximum absolute atomic E-state index is 11.5. The third kappa shape index (κ3) is 2.35. The molecule has 0 radical (unpaired) electrons. The van der Waals surface area contributed by atoms with Crippen LogP contribution >= 0.6 is 0 Å². The van der Waals surface area contributed by atoms with Gasteiger partial charge < -0.3 is 14.9 Å². The number of carboxylic acid groups (broad SMARTS) is 1. The van der Waals surface area contributed by atoms with E-state index in [1.165, 1.54) is 17.7 Å². The lowest BCUT2D eigenvalue weighted by Crippen LogP contribution is -2.42. The van der Waals surface area contributed by atoms with Crippen molar-refractivity contribution < 1.29 is 14.7 Å². The number of nitrogens with zero attached hydrogens (tertiary/aromatic N) is 2. The summed E-state index contributed by atoms with van der Waals surface area (Å²) < 4.78 is 0. The van der Waals surface area contributed by atoms with Gasteiger partial charge in [0.1, 0.15) is 6.04 Å². The van der Waals surface area contributed by atoms with Crippen LogP contribution in [-0.4, -0.2) is 59.0 Å². The molecular weight excluding hydrogens is 208 g/mol. The summed E-state index contributed by atoms with van der Waals surface area (Å²) in [6.45, 7) is 3.55. The summed E-state index contributed by atoms with van der Waals surface area (Å²) in [6, 6.07) is -0.588. The molecule has 0 aromatic rings. The molecule has 0 aromatic carbocycles. The Morgan fingerprint density at radius 1 is 1.31 bits per heavy atom. The fraction of sp³-hybridized carbons (Fsp3) is 0.818. The van der Waals surface area contributed by atoms with E-state index in [0.717, 1.165) is 19.6 Å². The molecule has 2 heterocycles. The lowest BCUT2D eigenvalue weighted by atomic mass is 10.2. The fourth-order valence-electron chi connectivity index (χ4n) is 2.53. The first kappa shape index (κ1) is 11.4. The summed E-state index contributed by atoms with van der Waals surface area (Å²) in [5.41, 5.74) is 0. The Morgan fingerprint density at radius 2 is 2.00 bits per heavy atom. The van der Waals surface area contributed by atoms with Crippen LogP contribution in [0.1, 0.15) is 25.7 Å². The summed E-state index contributed by atoms with van der Waals surface area (Å²) in [4.78, 5) is 26.3. The van der Waals surface area contributed by atoms with Crippen LogP contribution in [-0.2, 0) is 9.59 Å². The van der Waals surface area contributed by atoms with E-state index in [-0.39, 0.29) is 5.91 Å². The van der Waals surface area contributed by atoms with Gasteiger partial charge in [0.25, 0.3) is 0 Å². The Hall–Kier alpha value is -1.10. The maximum Gasteiger partial charge on any atom is 0.326 e. The molecule has 1 atom stereocenters. The predicted octanol–water partition coefficient (Wildman–Crippen LogP) is 0.158. The van der Waals surface area contributed by atoms with E-state index in [9.17, 15) is 9.59 Å². The molecule has 0 aromatic heterocycles. The number of amides is 1. The molecule has 16 heavy (non-hydrogen) atoms. The molecule has 0 aliphatic carbocycles. The molecule has 1 N–H and O–H groups in total. The zero-order valence-electron chi connectivity index (χ0n) is 9.39. The van der Waals surface area contributed by atoms with Crippen LogP contribution in [0, 0.1) is 0 Å². The number of carboxylic acids is 1. The van der Waals surface area contributed by atoms with Gasteiger partial charge in [0.15, 0.2) is 0 Å². The van der Waals surface area contributed by atoms with E-state index < -0.39 is 12.0 Å². The molecule has 2 aliphatic rings. The maximum atomic E-state index is 11.5. The zero-order valence-corrected chi connectivity index (χ0v) is 9.39. The molecule has 0 spiro atoms. The quantitative estimate of drug-likeness (QED) is 0.741. The molecule has 0 saturated carbocycles. The number of aliphatic carboxylic acids is 1. The van der Waals surface area contributed by atoms with Crippen LogP contribution in [0.2, 0.25) is 0 Å². The highest BCUT2D eigenvalue weighted by Gasteiger charge is 2.35. The molecule has 90 valence electrons. The van der Waals surface area contributed by atoms with Crippen molar-refractivity contribution in [2.75, 3.05) is 26.2 Å². The van der Waals surface area contributed by atoms with Crippen LogP contribution in [0.3, 0.4) is 0 Å². The number of carbonyl (C=O) groups excluding carboxylic acids is 1. The summed E-state index contributed by atoms with van der Waals surface area (Å²) >= 11 is 0. The van der Waals surface area contributed by atoms with Gasteiger partial charge in [-0.05, 0) is 32.4 Å². The SMILES string of the molecule is O=C(O)C1CCC(=O)N1CCN1CCCC1. The van der Waals surface area contributed by atoms with Crippen LogP contribution < -0.4 is 0 Å². The largest absolute Gasteiger partial charge is 0.480 e. The summed E-state index contributed by atoms with van der Waals surface area (Å²) in [6.07, 6.45) is 3.29. The standard InChI is InChI=1S/C11H18N2O3/c14-10-4-3-9(11(15)16)13(10)8-7-12-5-1-2-6-12/h9H,1-8H2,(H,15,16). The van der Waals surface area contributed by atoms with E-state index in [0.29, 0.717) is 19.4 Å². The monoisotopic (exact) mass is 226 g/mol. The van der Waals surface area contributed by atoms with Crippen molar-refractivity contribution in [2.24, 2.45) is 0 Å². The molecule has 0 bridgehead atoms. The summed E-state index contributed by atoms with van der Waals surface area (Å²) in [7, 11) is 0. The normalized spacial score (nSPS) is 26.6. The smallest absolute Gasteiger partial charge is 0.326 e. The minimum atomic E-state index is -0.868. The van der Waals surface area contributed by atoms with Crippen LogP contribution in [0.4, 0.5) is 0 Å². The molecule has 2 aliphatic heterocycles. The third-order valence-corrected chi connectivity index (χ3v) is 3.47. The van der Waals surface area contributed by atoms with Gasteiger partial charge in [-0.15, -0.1) is 0 Å². The summed E-state index contributed by atoms with van der Waals surface area (Å²) in [5, 5.41) is 8.99. The number of hydrogen-bond donors (Lipinski definition) is 1. The van der Waals surface area contributed by atoms with Gasteiger partial charge in [-0.25, -0.2) is 4.79 Å². The average molecular weight is 226 g/mol. The molecule has 2 rings (SSSR count). The highest BCUT2D eigenvalue weighted by atomic mass is 16.4. The van der Waals surface area contributed by atoms with E-state index in [1.807, 2.05) is 0 Å². The number of hydrogen-bond acceptors (Lipinski definition) is 3. The molecule has 1 unspecified atom stereocenters. The molecular formula is C11H18N2O3. The molecule has 2 fully saturated rings. The van der Waals surface area contributed by atoms with Crippen molar-refractivity contribution >= 4 is 11.9 Å². The Labute approximate surface area is 95.0 Å². The first-order valence-electron chi connectivity index (χ1n) is 5.93. The fourth-order valence-corrected chi connectivity index (χ4v) is 2.53. The Bertz CT molecular complexity index is 287. The molecule has 2 saturated heterocycles. The molecule has 5 nitrogen and oxygen atoms in total. The van der Waals surface area contributed by atoms with Gasteiger partial charge in [0, 0.05) is 19.5 Å². The van der Waals surface area contributed by atoms with E-state index in [4.69, 9.17) is 5.11 Å². The zero-order chi connectivity index (χ0) is 11.5.